The van der Waals surface area contributed by atoms with Gasteiger partial charge < -0.3 is 15.8 Å². The van der Waals surface area contributed by atoms with Crippen LogP contribution in [0.2, 0.25) is 0 Å². The number of aromatic amines is 1. The van der Waals surface area contributed by atoms with Crippen molar-refractivity contribution >= 4 is 11.8 Å². The third kappa shape index (κ3) is 7.80. The van der Waals surface area contributed by atoms with E-state index in [0.29, 0.717) is 25.1 Å². The predicted molar refractivity (Wildman–Crippen MR) is 167 cm³/mol. The van der Waals surface area contributed by atoms with Crippen LogP contribution in [0.3, 0.4) is 0 Å². The van der Waals surface area contributed by atoms with E-state index in [4.69, 9.17) is 10.8 Å². The van der Waals surface area contributed by atoms with Crippen LogP contribution in [0.4, 0.5) is 4.39 Å². The molecular formula is C35H42FN3O. The number of allylic oxidation sites excluding steroid dienone is 1. The van der Waals surface area contributed by atoms with Gasteiger partial charge in [-0.05, 0) is 80.0 Å². The van der Waals surface area contributed by atoms with Crippen molar-refractivity contribution < 1.29 is 9.50 Å². The highest BCUT2D eigenvalue weighted by molar-refractivity contribution is 5.85. The van der Waals surface area contributed by atoms with E-state index in [1.54, 1.807) is 6.08 Å². The number of imidazole rings is 1. The minimum Gasteiger partial charge on any atom is -0.399 e. The zero-order valence-electron chi connectivity index (χ0n) is 24.4. The highest BCUT2D eigenvalue weighted by Gasteiger charge is 2.19. The van der Waals surface area contributed by atoms with Crippen molar-refractivity contribution in [2.45, 2.75) is 60.3 Å². The number of benzene rings is 3. The number of hydrogen-bond donors (Lipinski definition) is 3. The smallest absolute Gasteiger partial charge is 0.138 e. The topological polar surface area (TPSA) is 74.9 Å². The van der Waals surface area contributed by atoms with Gasteiger partial charge in [0.2, 0.25) is 0 Å². The van der Waals surface area contributed by atoms with Crippen LogP contribution in [-0.2, 0) is 6.42 Å². The predicted octanol–water partition coefficient (Wildman–Crippen LogP) is 8.63. The molecule has 1 heterocycles. The molecule has 0 fully saturated rings. The van der Waals surface area contributed by atoms with Gasteiger partial charge in [0, 0.05) is 30.0 Å². The number of halogens is 1. The maximum atomic E-state index is 13.5. The summed E-state index contributed by atoms with van der Waals surface area (Å²) in [6.07, 6.45) is 4.71. The van der Waals surface area contributed by atoms with Gasteiger partial charge in [0.15, 0.2) is 0 Å². The van der Waals surface area contributed by atoms with Crippen molar-refractivity contribution in [2.75, 3.05) is 6.61 Å². The van der Waals surface area contributed by atoms with Crippen molar-refractivity contribution in [3.05, 3.63) is 112 Å². The van der Waals surface area contributed by atoms with Crippen LogP contribution in [0, 0.1) is 27.7 Å². The van der Waals surface area contributed by atoms with Crippen LogP contribution < -0.4 is 5.73 Å². The summed E-state index contributed by atoms with van der Waals surface area (Å²) in [5.74, 6) is 0.719. The molecule has 4 N–H and O–H groups in total. The molecule has 0 aliphatic heterocycles. The Kier molecular flexibility index (Phi) is 11.0. The molecule has 0 radical (unpaired) electrons. The van der Waals surface area contributed by atoms with Crippen molar-refractivity contribution in [1.29, 1.82) is 0 Å². The van der Waals surface area contributed by atoms with Gasteiger partial charge in [0.05, 0.1) is 5.69 Å². The maximum absolute atomic E-state index is 13.5. The fourth-order valence-corrected chi connectivity index (χ4v) is 4.73. The SMILES string of the molecule is C=C(N)c1ccc(C)cc1C.CCCCO.Cc1ccccc1-c1c(C)cccc1-c1nc2c([nH]1)CCC(F)=C2. The minimum atomic E-state index is -0.0936. The van der Waals surface area contributed by atoms with E-state index in [2.05, 4.69) is 86.7 Å². The van der Waals surface area contributed by atoms with Gasteiger partial charge in [-0.2, -0.15) is 0 Å². The number of unbranched alkanes of at least 4 members (excludes halogenated alkanes) is 1. The minimum absolute atomic E-state index is 0.0936. The standard InChI is InChI=1S/C21H19FN2.C10H13N.C4H10O/c1-13-6-3-4-8-16(13)20-14(2)7-5-9-17(20)21-23-18-11-10-15(22)12-19(18)24-21;1-7-4-5-10(9(3)11)8(2)6-7;1-2-3-4-5/h3-9,12H,10-11H2,1-2H3,(H,23,24);4-6H,3,11H2,1-2H3;5H,2-4H2,1H3. The van der Waals surface area contributed by atoms with Crippen molar-refractivity contribution in [3.63, 3.8) is 0 Å². The Balaban J connectivity index is 0.000000229. The Morgan fingerprint density at radius 2 is 1.65 bits per heavy atom. The molecule has 0 saturated carbocycles. The normalized spacial score (nSPS) is 11.8. The van der Waals surface area contributed by atoms with Crippen molar-refractivity contribution in [3.8, 4) is 22.5 Å². The van der Waals surface area contributed by atoms with Crippen LogP contribution in [0.15, 0.2) is 73.1 Å². The number of aryl methyl sites for hydroxylation is 5. The van der Waals surface area contributed by atoms with Crippen LogP contribution in [0.5, 0.6) is 0 Å². The molecule has 0 spiro atoms. The fraction of sp³-hybridized carbons (Fsp3) is 0.286. The number of nitrogens with one attached hydrogen (secondary N) is 1. The summed E-state index contributed by atoms with van der Waals surface area (Å²) in [6.45, 7) is 14.4. The van der Waals surface area contributed by atoms with Gasteiger partial charge in [0.25, 0.3) is 0 Å². The number of aromatic nitrogens is 2. The Hall–Kier alpha value is -3.96. The molecule has 40 heavy (non-hydrogen) atoms. The van der Waals surface area contributed by atoms with Gasteiger partial charge in [0.1, 0.15) is 11.7 Å². The second kappa shape index (κ2) is 14.4. The number of aliphatic hydroxyl groups excluding tert-OH is 1. The molecule has 4 nitrogen and oxygen atoms in total. The van der Waals surface area contributed by atoms with E-state index in [1.807, 2.05) is 25.1 Å². The Bertz CT molecular complexity index is 1480. The van der Waals surface area contributed by atoms with Gasteiger partial charge in [-0.3, -0.25) is 0 Å². The molecule has 1 aromatic heterocycles. The second-order valence-electron chi connectivity index (χ2n) is 10.3. The zero-order valence-corrected chi connectivity index (χ0v) is 24.4. The van der Waals surface area contributed by atoms with Gasteiger partial charge >= 0.3 is 0 Å². The second-order valence-corrected chi connectivity index (χ2v) is 10.3. The summed E-state index contributed by atoms with van der Waals surface area (Å²) in [5.41, 5.74) is 17.4. The first-order valence-corrected chi connectivity index (χ1v) is 13.9. The summed E-state index contributed by atoms with van der Waals surface area (Å²) in [7, 11) is 0. The lowest BCUT2D eigenvalue weighted by Gasteiger charge is -2.13. The van der Waals surface area contributed by atoms with E-state index in [-0.39, 0.29) is 5.83 Å². The van der Waals surface area contributed by atoms with Crippen LogP contribution in [0.25, 0.3) is 34.3 Å². The molecule has 0 saturated heterocycles. The molecule has 5 rings (SSSR count). The molecule has 1 aliphatic rings. The molecule has 0 bridgehead atoms. The number of nitrogens with two attached hydrogens (primary N) is 1. The summed E-state index contributed by atoms with van der Waals surface area (Å²) in [4.78, 5) is 8.06. The largest absolute Gasteiger partial charge is 0.399 e. The van der Waals surface area contributed by atoms with Crippen LogP contribution >= 0.6 is 0 Å². The molecule has 1 aliphatic carbocycles. The van der Waals surface area contributed by atoms with Crippen LogP contribution in [0.1, 0.15) is 65.4 Å². The zero-order chi connectivity index (χ0) is 29.2. The van der Waals surface area contributed by atoms with E-state index >= 15 is 0 Å². The lowest BCUT2D eigenvalue weighted by molar-refractivity contribution is 0.287. The average Bonchev–Trinajstić information content (AvgIpc) is 3.33. The van der Waals surface area contributed by atoms with Gasteiger partial charge in [-0.15, -0.1) is 0 Å². The number of nitrogens with zero attached hydrogens (tertiary/aromatic N) is 1. The Morgan fingerprint density at radius 3 is 2.27 bits per heavy atom. The average molecular weight is 540 g/mol. The van der Waals surface area contributed by atoms with Crippen LogP contribution in [-0.4, -0.2) is 21.7 Å². The first kappa shape index (κ1) is 30.6. The third-order valence-electron chi connectivity index (χ3n) is 6.90. The van der Waals surface area contributed by atoms with Crippen molar-refractivity contribution in [1.82, 2.24) is 9.97 Å². The first-order valence-electron chi connectivity index (χ1n) is 13.9. The van der Waals surface area contributed by atoms with Gasteiger partial charge in [-0.1, -0.05) is 86.2 Å². The highest BCUT2D eigenvalue weighted by Crippen LogP contribution is 2.36. The molecule has 0 amide bonds. The molecule has 0 atom stereocenters. The fourth-order valence-electron chi connectivity index (χ4n) is 4.73. The quantitative estimate of drug-likeness (QED) is 0.238. The van der Waals surface area contributed by atoms with E-state index in [1.165, 1.54) is 33.4 Å². The lowest BCUT2D eigenvalue weighted by Crippen LogP contribution is -1.96. The number of hydrogen-bond acceptors (Lipinski definition) is 3. The van der Waals surface area contributed by atoms with E-state index in [0.717, 1.165) is 41.2 Å². The monoisotopic (exact) mass is 539 g/mol. The number of aliphatic hydroxyl groups is 1. The summed E-state index contributed by atoms with van der Waals surface area (Å²) < 4.78 is 13.5. The molecule has 0 unspecified atom stereocenters. The van der Waals surface area contributed by atoms with E-state index < -0.39 is 0 Å². The Morgan fingerprint density at radius 1 is 0.950 bits per heavy atom. The molecule has 4 aromatic rings. The number of rotatable bonds is 5. The summed E-state index contributed by atoms with van der Waals surface area (Å²) >= 11 is 0. The molecule has 5 heteroatoms. The molecule has 3 aromatic carbocycles. The first-order chi connectivity index (χ1) is 19.2. The number of fused-ring (bicyclic) bond motifs is 1. The van der Waals surface area contributed by atoms with E-state index in [9.17, 15) is 4.39 Å². The van der Waals surface area contributed by atoms with Crippen molar-refractivity contribution in [2.24, 2.45) is 5.73 Å². The Labute approximate surface area is 238 Å². The third-order valence-corrected chi connectivity index (χ3v) is 6.90. The molecular weight excluding hydrogens is 497 g/mol. The highest BCUT2D eigenvalue weighted by atomic mass is 19.1. The maximum Gasteiger partial charge on any atom is 0.138 e. The summed E-state index contributed by atoms with van der Waals surface area (Å²) in [5, 5.41) is 8.07. The number of H-pyrrole nitrogens is 1. The lowest BCUT2D eigenvalue weighted by atomic mass is 9.92. The molecule has 210 valence electrons. The summed E-state index contributed by atoms with van der Waals surface area (Å²) in [6, 6.07) is 20.8. The van der Waals surface area contributed by atoms with Gasteiger partial charge in [-0.25, -0.2) is 9.37 Å².